The van der Waals surface area contributed by atoms with Crippen LogP contribution in [0.5, 0.6) is 11.5 Å². The Morgan fingerprint density at radius 3 is 2.68 bits per heavy atom. The predicted molar refractivity (Wildman–Crippen MR) is 73.7 cm³/mol. The normalized spacial score (nSPS) is 13.3. The van der Waals surface area contributed by atoms with Gasteiger partial charge in [-0.3, -0.25) is 4.98 Å². The number of nitrogens with two attached hydrogens (primary N) is 1. The first-order valence-electron chi connectivity index (χ1n) is 6.07. The standard InChI is InChI=1S/C14H14N2O2S/c15-9-10-7-12(3-4-16-10)19-11-1-2-13-14(8-11)18-6-5-17-13/h1-4,7-8H,5-6,9,15H2. The number of fused-ring (bicyclic) bond motifs is 1. The summed E-state index contributed by atoms with van der Waals surface area (Å²) >= 11 is 1.66. The zero-order valence-corrected chi connectivity index (χ0v) is 11.2. The van der Waals surface area contributed by atoms with Gasteiger partial charge in [0.2, 0.25) is 0 Å². The molecule has 1 aliphatic rings. The molecule has 5 heteroatoms. The van der Waals surface area contributed by atoms with Gasteiger partial charge in [-0.25, -0.2) is 0 Å². The average Bonchev–Trinajstić information content (AvgIpc) is 2.47. The van der Waals surface area contributed by atoms with Crippen molar-refractivity contribution in [1.82, 2.24) is 4.98 Å². The van der Waals surface area contributed by atoms with Gasteiger partial charge in [0.05, 0.1) is 5.69 Å². The third-order valence-electron chi connectivity index (χ3n) is 2.75. The van der Waals surface area contributed by atoms with Gasteiger partial charge in [-0.05, 0) is 30.3 Å². The first-order valence-corrected chi connectivity index (χ1v) is 6.89. The summed E-state index contributed by atoms with van der Waals surface area (Å²) in [5, 5.41) is 0. The van der Waals surface area contributed by atoms with E-state index < -0.39 is 0 Å². The zero-order valence-electron chi connectivity index (χ0n) is 10.3. The van der Waals surface area contributed by atoms with E-state index >= 15 is 0 Å². The van der Waals surface area contributed by atoms with Gasteiger partial charge in [0, 0.05) is 22.5 Å². The molecule has 0 atom stereocenters. The Morgan fingerprint density at radius 2 is 1.84 bits per heavy atom. The molecule has 0 bridgehead atoms. The van der Waals surface area contributed by atoms with Crippen LogP contribution in [0, 0.1) is 0 Å². The minimum absolute atomic E-state index is 0.454. The Balaban J connectivity index is 1.82. The van der Waals surface area contributed by atoms with Crippen LogP contribution >= 0.6 is 11.8 Å². The molecule has 1 aromatic heterocycles. The molecule has 0 unspecified atom stereocenters. The molecule has 3 rings (SSSR count). The average molecular weight is 274 g/mol. The van der Waals surface area contributed by atoms with E-state index in [2.05, 4.69) is 4.98 Å². The molecule has 2 heterocycles. The van der Waals surface area contributed by atoms with Crippen LogP contribution in [0.25, 0.3) is 0 Å². The van der Waals surface area contributed by atoms with Crippen molar-refractivity contribution in [1.29, 1.82) is 0 Å². The minimum atomic E-state index is 0.454. The molecule has 0 radical (unpaired) electrons. The molecule has 19 heavy (non-hydrogen) atoms. The highest BCUT2D eigenvalue weighted by molar-refractivity contribution is 7.99. The van der Waals surface area contributed by atoms with Gasteiger partial charge in [0.1, 0.15) is 13.2 Å². The van der Waals surface area contributed by atoms with E-state index in [0.29, 0.717) is 19.8 Å². The van der Waals surface area contributed by atoms with E-state index in [9.17, 15) is 0 Å². The van der Waals surface area contributed by atoms with E-state index in [4.69, 9.17) is 15.2 Å². The van der Waals surface area contributed by atoms with Gasteiger partial charge in [-0.2, -0.15) is 0 Å². The lowest BCUT2D eigenvalue weighted by atomic mass is 10.3. The molecule has 0 amide bonds. The Hall–Kier alpha value is -1.72. The quantitative estimate of drug-likeness (QED) is 0.931. The molecule has 1 aliphatic heterocycles. The summed E-state index contributed by atoms with van der Waals surface area (Å²) in [7, 11) is 0. The third-order valence-corrected chi connectivity index (χ3v) is 3.73. The summed E-state index contributed by atoms with van der Waals surface area (Å²) in [5.74, 6) is 1.62. The van der Waals surface area contributed by atoms with Crippen LogP contribution in [0.15, 0.2) is 46.3 Å². The summed E-state index contributed by atoms with van der Waals surface area (Å²) in [5.41, 5.74) is 6.49. The van der Waals surface area contributed by atoms with Gasteiger partial charge < -0.3 is 15.2 Å². The lowest BCUT2D eigenvalue weighted by molar-refractivity contribution is 0.171. The Kier molecular flexibility index (Phi) is 3.57. The number of pyridine rings is 1. The molecule has 0 aliphatic carbocycles. The molecule has 1 aromatic carbocycles. The Bertz CT molecular complexity index is 589. The summed E-state index contributed by atoms with van der Waals surface area (Å²) in [6, 6.07) is 9.95. The second kappa shape index (κ2) is 5.50. The van der Waals surface area contributed by atoms with Crippen LogP contribution in [-0.2, 0) is 6.54 Å². The van der Waals surface area contributed by atoms with Crippen LogP contribution in [0.4, 0.5) is 0 Å². The maximum absolute atomic E-state index is 5.59. The number of rotatable bonds is 3. The predicted octanol–water partition coefficient (Wildman–Crippen LogP) is 2.46. The van der Waals surface area contributed by atoms with Crippen molar-refractivity contribution in [3.05, 3.63) is 42.2 Å². The largest absolute Gasteiger partial charge is 0.486 e. The second-order valence-electron chi connectivity index (χ2n) is 4.09. The SMILES string of the molecule is NCc1cc(Sc2ccc3c(c2)OCCO3)ccn1. The molecule has 98 valence electrons. The fourth-order valence-corrected chi connectivity index (χ4v) is 2.75. The van der Waals surface area contributed by atoms with Crippen molar-refractivity contribution < 1.29 is 9.47 Å². The first kappa shape index (κ1) is 12.3. The number of ether oxygens (including phenoxy) is 2. The van der Waals surface area contributed by atoms with E-state index in [0.717, 1.165) is 27.0 Å². The molecule has 0 fully saturated rings. The van der Waals surface area contributed by atoms with Gasteiger partial charge in [0.25, 0.3) is 0 Å². The molecular weight excluding hydrogens is 260 g/mol. The van der Waals surface area contributed by atoms with Gasteiger partial charge in [-0.1, -0.05) is 11.8 Å². The topological polar surface area (TPSA) is 57.4 Å². The van der Waals surface area contributed by atoms with Crippen molar-refractivity contribution >= 4 is 11.8 Å². The van der Waals surface area contributed by atoms with Crippen LogP contribution in [0.2, 0.25) is 0 Å². The minimum Gasteiger partial charge on any atom is -0.486 e. The molecule has 0 saturated heterocycles. The monoisotopic (exact) mass is 274 g/mol. The Labute approximate surface area is 115 Å². The third kappa shape index (κ3) is 2.83. The summed E-state index contributed by atoms with van der Waals surface area (Å²) in [6.07, 6.45) is 1.78. The van der Waals surface area contributed by atoms with Gasteiger partial charge in [0.15, 0.2) is 11.5 Å². The fraction of sp³-hybridized carbons (Fsp3) is 0.214. The number of nitrogens with zero attached hydrogens (tertiary/aromatic N) is 1. The van der Waals surface area contributed by atoms with Crippen molar-refractivity contribution in [2.45, 2.75) is 16.3 Å². The van der Waals surface area contributed by atoms with Crippen LogP contribution < -0.4 is 15.2 Å². The van der Waals surface area contributed by atoms with Crippen molar-refractivity contribution in [3.63, 3.8) is 0 Å². The van der Waals surface area contributed by atoms with Gasteiger partial charge >= 0.3 is 0 Å². The van der Waals surface area contributed by atoms with Crippen LogP contribution in [0.3, 0.4) is 0 Å². The Morgan fingerprint density at radius 1 is 1.05 bits per heavy atom. The summed E-state index contributed by atoms with van der Waals surface area (Å²) < 4.78 is 11.1. The van der Waals surface area contributed by atoms with E-state index in [-0.39, 0.29) is 0 Å². The maximum Gasteiger partial charge on any atom is 0.162 e. The van der Waals surface area contributed by atoms with Crippen molar-refractivity contribution in [2.24, 2.45) is 5.73 Å². The molecule has 2 aromatic rings. The number of hydrogen-bond donors (Lipinski definition) is 1. The zero-order chi connectivity index (χ0) is 13.1. The molecule has 4 nitrogen and oxygen atoms in total. The first-order chi connectivity index (χ1) is 9.35. The lowest BCUT2D eigenvalue weighted by Gasteiger charge is -2.18. The number of aromatic nitrogens is 1. The molecule has 2 N–H and O–H groups in total. The maximum atomic E-state index is 5.59. The molecule has 0 saturated carbocycles. The van der Waals surface area contributed by atoms with Crippen molar-refractivity contribution in [3.8, 4) is 11.5 Å². The smallest absolute Gasteiger partial charge is 0.162 e. The highest BCUT2D eigenvalue weighted by Gasteiger charge is 2.12. The number of hydrogen-bond acceptors (Lipinski definition) is 5. The fourth-order valence-electron chi connectivity index (χ4n) is 1.85. The molecule has 0 spiro atoms. The summed E-state index contributed by atoms with van der Waals surface area (Å²) in [6.45, 7) is 1.67. The highest BCUT2D eigenvalue weighted by atomic mass is 32.2. The van der Waals surface area contributed by atoms with E-state index in [1.54, 1.807) is 18.0 Å². The summed E-state index contributed by atoms with van der Waals surface area (Å²) in [4.78, 5) is 6.41. The lowest BCUT2D eigenvalue weighted by Crippen LogP contribution is -2.15. The second-order valence-corrected chi connectivity index (χ2v) is 5.24. The van der Waals surface area contributed by atoms with Crippen LogP contribution in [-0.4, -0.2) is 18.2 Å². The van der Waals surface area contributed by atoms with Crippen LogP contribution in [0.1, 0.15) is 5.69 Å². The van der Waals surface area contributed by atoms with Gasteiger partial charge in [-0.15, -0.1) is 0 Å². The highest BCUT2D eigenvalue weighted by Crippen LogP contribution is 2.36. The molecular formula is C14H14N2O2S. The number of benzene rings is 1. The van der Waals surface area contributed by atoms with E-state index in [1.807, 2.05) is 30.3 Å². The van der Waals surface area contributed by atoms with E-state index in [1.165, 1.54) is 0 Å². The van der Waals surface area contributed by atoms with Crippen molar-refractivity contribution in [2.75, 3.05) is 13.2 Å².